The van der Waals surface area contributed by atoms with E-state index in [9.17, 15) is 4.79 Å². The molecule has 1 aliphatic rings. The standard InChI is InChI=1S/C15H26N4OS/c1-4-10(5-2)9-19(6-3)14(20)12-13(16)18-15(21-12)17-11-7-8-11/h10-11H,4-9,16H2,1-3H3,(H,17,18). The molecule has 0 unspecified atom stereocenters. The average molecular weight is 310 g/mol. The van der Waals surface area contributed by atoms with Crippen LogP contribution in [0.15, 0.2) is 0 Å². The zero-order chi connectivity index (χ0) is 15.4. The van der Waals surface area contributed by atoms with Crippen molar-refractivity contribution in [1.82, 2.24) is 9.88 Å². The van der Waals surface area contributed by atoms with Crippen molar-refractivity contribution in [3.05, 3.63) is 4.88 Å². The molecule has 1 aromatic rings. The van der Waals surface area contributed by atoms with Crippen LogP contribution in [0.2, 0.25) is 0 Å². The Labute approximate surface area is 130 Å². The molecule has 1 amide bonds. The molecule has 1 saturated carbocycles. The van der Waals surface area contributed by atoms with Crippen molar-refractivity contribution >= 4 is 28.2 Å². The number of nitrogens with one attached hydrogen (secondary N) is 1. The van der Waals surface area contributed by atoms with Crippen molar-refractivity contribution in [3.63, 3.8) is 0 Å². The van der Waals surface area contributed by atoms with Crippen LogP contribution in [0.25, 0.3) is 0 Å². The van der Waals surface area contributed by atoms with E-state index >= 15 is 0 Å². The Morgan fingerprint density at radius 3 is 2.62 bits per heavy atom. The Bertz CT molecular complexity index is 480. The zero-order valence-electron chi connectivity index (χ0n) is 13.2. The van der Waals surface area contributed by atoms with Gasteiger partial charge in [-0.05, 0) is 25.7 Å². The molecule has 21 heavy (non-hydrogen) atoms. The fourth-order valence-electron chi connectivity index (χ4n) is 2.31. The van der Waals surface area contributed by atoms with Crippen molar-refractivity contribution in [2.24, 2.45) is 5.92 Å². The lowest BCUT2D eigenvalue weighted by Crippen LogP contribution is -2.35. The second kappa shape index (κ2) is 7.11. The van der Waals surface area contributed by atoms with E-state index in [-0.39, 0.29) is 5.91 Å². The molecular weight excluding hydrogens is 284 g/mol. The summed E-state index contributed by atoms with van der Waals surface area (Å²) in [5, 5.41) is 4.08. The van der Waals surface area contributed by atoms with Crippen LogP contribution in [0.4, 0.5) is 10.9 Å². The van der Waals surface area contributed by atoms with E-state index in [0.717, 1.165) is 24.5 Å². The quantitative estimate of drug-likeness (QED) is 0.773. The first-order valence-electron chi connectivity index (χ1n) is 7.91. The molecule has 0 radical (unpaired) electrons. The Morgan fingerprint density at radius 1 is 1.43 bits per heavy atom. The van der Waals surface area contributed by atoms with Gasteiger partial charge in [-0.1, -0.05) is 38.0 Å². The fourth-order valence-corrected chi connectivity index (χ4v) is 3.24. The number of nitrogen functional groups attached to an aromatic ring is 1. The van der Waals surface area contributed by atoms with Gasteiger partial charge in [0.2, 0.25) is 0 Å². The van der Waals surface area contributed by atoms with E-state index in [4.69, 9.17) is 5.73 Å². The van der Waals surface area contributed by atoms with Gasteiger partial charge in [0.15, 0.2) is 5.13 Å². The third-order valence-corrected chi connectivity index (χ3v) is 5.05. The van der Waals surface area contributed by atoms with Crippen molar-refractivity contribution in [2.45, 2.75) is 52.5 Å². The molecule has 0 atom stereocenters. The highest BCUT2D eigenvalue weighted by atomic mass is 32.1. The lowest BCUT2D eigenvalue weighted by atomic mass is 10.0. The van der Waals surface area contributed by atoms with E-state index in [1.165, 1.54) is 24.2 Å². The van der Waals surface area contributed by atoms with Gasteiger partial charge < -0.3 is 16.0 Å². The summed E-state index contributed by atoms with van der Waals surface area (Å²) in [7, 11) is 0. The van der Waals surface area contributed by atoms with Crippen LogP contribution in [0.5, 0.6) is 0 Å². The Balaban J connectivity index is 2.07. The maximum Gasteiger partial charge on any atom is 0.267 e. The molecule has 1 fully saturated rings. The monoisotopic (exact) mass is 310 g/mol. The molecular formula is C15H26N4OS. The van der Waals surface area contributed by atoms with Crippen molar-refractivity contribution < 1.29 is 4.79 Å². The Hall–Kier alpha value is -1.30. The maximum atomic E-state index is 12.7. The third kappa shape index (κ3) is 4.09. The van der Waals surface area contributed by atoms with E-state index in [1.807, 2.05) is 11.8 Å². The summed E-state index contributed by atoms with van der Waals surface area (Å²) in [5.41, 5.74) is 5.94. The first kappa shape index (κ1) is 16.1. The van der Waals surface area contributed by atoms with E-state index in [1.54, 1.807) is 0 Å². The van der Waals surface area contributed by atoms with Crippen LogP contribution in [0, 0.1) is 5.92 Å². The van der Waals surface area contributed by atoms with Crippen LogP contribution in [0.1, 0.15) is 56.1 Å². The molecule has 0 bridgehead atoms. The summed E-state index contributed by atoms with van der Waals surface area (Å²) < 4.78 is 0. The molecule has 0 spiro atoms. The predicted molar refractivity (Wildman–Crippen MR) is 88.8 cm³/mol. The van der Waals surface area contributed by atoms with Crippen LogP contribution < -0.4 is 11.1 Å². The summed E-state index contributed by atoms with van der Waals surface area (Å²) in [6.07, 6.45) is 4.54. The molecule has 6 heteroatoms. The second-order valence-corrected chi connectivity index (χ2v) is 6.68. The summed E-state index contributed by atoms with van der Waals surface area (Å²) >= 11 is 1.38. The van der Waals surface area contributed by atoms with Crippen molar-refractivity contribution in [1.29, 1.82) is 0 Å². The molecule has 118 valence electrons. The molecule has 3 N–H and O–H groups in total. The van der Waals surface area contributed by atoms with Gasteiger partial charge in [-0.25, -0.2) is 4.98 Å². The molecule has 0 aromatic carbocycles. The summed E-state index contributed by atoms with van der Waals surface area (Å²) in [6, 6.07) is 0.519. The van der Waals surface area contributed by atoms with Crippen molar-refractivity contribution in [3.8, 4) is 0 Å². The second-order valence-electron chi connectivity index (χ2n) is 5.68. The van der Waals surface area contributed by atoms with Gasteiger partial charge in [-0.2, -0.15) is 0 Å². The minimum absolute atomic E-state index is 0.0169. The van der Waals surface area contributed by atoms with Gasteiger partial charge >= 0.3 is 0 Å². The van der Waals surface area contributed by atoms with Gasteiger partial charge in [0.05, 0.1) is 0 Å². The first-order chi connectivity index (χ1) is 10.1. The number of nitrogens with two attached hydrogens (primary N) is 1. The minimum atomic E-state index is 0.0169. The Morgan fingerprint density at radius 2 is 2.10 bits per heavy atom. The number of nitrogens with zero attached hydrogens (tertiary/aromatic N) is 2. The number of amides is 1. The van der Waals surface area contributed by atoms with E-state index < -0.39 is 0 Å². The number of thiazole rings is 1. The highest BCUT2D eigenvalue weighted by Gasteiger charge is 2.26. The van der Waals surface area contributed by atoms with Crippen molar-refractivity contribution in [2.75, 3.05) is 24.1 Å². The third-order valence-electron chi connectivity index (χ3n) is 4.05. The fraction of sp³-hybridized carbons (Fsp3) is 0.733. The van der Waals surface area contributed by atoms with Crippen LogP contribution in [0.3, 0.4) is 0 Å². The maximum absolute atomic E-state index is 12.7. The number of carbonyl (C=O) groups excluding carboxylic acids is 1. The Kier molecular flexibility index (Phi) is 5.45. The molecule has 1 heterocycles. The van der Waals surface area contributed by atoms with Gasteiger partial charge in [-0.3, -0.25) is 4.79 Å². The zero-order valence-corrected chi connectivity index (χ0v) is 14.0. The number of carbonyl (C=O) groups is 1. The number of hydrogen-bond acceptors (Lipinski definition) is 5. The first-order valence-corrected chi connectivity index (χ1v) is 8.72. The van der Waals surface area contributed by atoms with E-state index in [2.05, 4.69) is 24.1 Å². The molecule has 5 nitrogen and oxygen atoms in total. The van der Waals surface area contributed by atoms with Gasteiger partial charge in [0.25, 0.3) is 5.91 Å². The molecule has 1 aliphatic carbocycles. The highest BCUT2D eigenvalue weighted by Crippen LogP contribution is 2.31. The number of anilines is 2. The molecule has 0 aliphatic heterocycles. The summed E-state index contributed by atoms with van der Waals surface area (Å²) in [6.45, 7) is 7.86. The highest BCUT2D eigenvalue weighted by molar-refractivity contribution is 7.18. The lowest BCUT2D eigenvalue weighted by Gasteiger charge is -2.25. The van der Waals surface area contributed by atoms with Gasteiger partial charge in [0, 0.05) is 19.1 Å². The van der Waals surface area contributed by atoms with Crippen LogP contribution in [-0.2, 0) is 0 Å². The number of aromatic nitrogens is 1. The molecule has 1 aromatic heterocycles. The lowest BCUT2D eigenvalue weighted by molar-refractivity contribution is 0.0740. The molecule has 2 rings (SSSR count). The largest absolute Gasteiger partial charge is 0.382 e. The van der Waals surface area contributed by atoms with Gasteiger partial charge in [0.1, 0.15) is 10.7 Å². The predicted octanol–water partition coefficient (Wildman–Crippen LogP) is 3.20. The summed E-state index contributed by atoms with van der Waals surface area (Å²) in [5.74, 6) is 0.923. The topological polar surface area (TPSA) is 71.2 Å². The summed E-state index contributed by atoms with van der Waals surface area (Å²) in [4.78, 5) is 19.4. The van der Waals surface area contributed by atoms with Crippen LogP contribution in [-0.4, -0.2) is 34.9 Å². The minimum Gasteiger partial charge on any atom is -0.382 e. The normalized spacial score (nSPS) is 14.5. The van der Waals surface area contributed by atoms with E-state index in [0.29, 0.717) is 29.2 Å². The molecule has 0 saturated heterocycles. The smallest absolute Gasteiger partial charge is 0.267 e. The van der Waals surface area contributed by atoms with Crippen LogP contribution >= 0.6 is 11.3 Å². The average Bonchev–Trinajstić information content (AvgIpc) is 3.21. The van der Waals surface area contributed by atoms with Gasteiger partial charge in [-0.15, -0.1) is 0 Å². The number of hydrogen-bond donors (Lipinski definition) is 2. The SMILES string of the molecule is CCC(CC)CN(CC)C(=O)c1sc(NC2CC2)nc1N. The number of rotatable bonds is 8.